The molecular formula is C30H44N8O3Si. The molecule has 12 heteroatoms. The van der Waals surface area contributed by atoms with Crippen LogP contribution >= 0.6 is 0 Å². The number of carbonyl (C=O) groups is 1. The zero-order valence-corrected chi connectivity index (χ0v) is 26.2. The van der Waals surface area contributed by atoms with Gasteiger partial charge in [0.05, 0.1) is 43.0 Å². The average Bonchev–Trinajstić information content (AvgIpc) is 3.75. The molecule has 2 aliphatic rings. The standard InChI is InChI=1S/C30H44N8O3Si/c1-42(2,3)18-17-41-22-36-14-10-24-28(33-21-34-29(24)36)25-19-38(26(9-11-31)23-7-4-5-8-23)35-30(25)37(13-6-15-39)27-20-40-16-12-32-27/h10,14-15,19,21,23,26-27,32H,4-9,12-13,16-18,20,22H2,1-3H3. The molecule has 1 saturated heterocycles. The van der Waals surface area contributed by atoms with E-state index in [0.29, 0.717) is 45.2 Å². The maximum absolute atomic E-state index is 11.5. The lowest BCUT2D eigenvalue weighted by Gasteiger charge is -2.35. The molecule has 0 aromatic carbocycles. The summed E-state index contributed by atoms with van der Waals surface area (Å²) in [5, 5.41) is 19.4. The highest BCUT2D eigenvalue weighted by atomic mass is 28.3. The van der Waals surface area contributed by atoms with E-state index in [1.165, 1.54) is 12.8 Å². The van der Waals surface area contributed by atoms with Gasteiger partial charge in [0.1, 0.15) is 31.2 Å². The summed E-state index contributed by atoms with van der Waals surface area (Å²) in [7, 11) is -1.18. The predicted octanol–water partition coefficient (Wildman–Crippen LogP) is 4.59. The minimum atomic E-state index is -1.18. The van der Waals surface area contributed by atoms with E-state index in [-0.39, 0.29) is 12.2 Å². The molecule has 42 heavy (non-hydrogen) atoms. The Kier molecular flexibility index (Phi) is 10.0. The van der Waals surface area contributed by atoms with Crippen molar-refractivity contribution in [1.82, 2.24) is 29.6 Å². The topological polar surface area (TPSA) is 123 Å². The largest absolute Gasteiger partial charge is 0.377 e. The Morgan fingerprint density at radius 3 is 2.86 bits per heavy atom. The van der Waals surface area contributed by atoms with E-state index >= 15 is 0 Å². The van der Waals surface area contributed by atoms with Crippen LogP contribution in [0.3, 0.4) is 0 Å². The Hall–Kier alpha value is -3.11. The van der Waals surface area contributed by atoms with E-state index in [1.807, 2.05) is 21.5 Å². The zero-order chi connectivity index (χ0) is 29.5. The van der Waals surface area contributed by atoms with Gasteiger partial charge in [0.15, 0.2) is 5.82 Å². The highest BCUT2D eigenvalue weighted by Crippen LogP contribution is 2.40. The molecule has 0 bridgehead atoms. The summed E-state index contributed by atoms with van der Waals surface area (Å²) in [4.78, 5) is 23.0. The van der Waals surface area contributed by atoms with Gasteiger partial charge in [-0.2, -0.15) is 10.4 Å². The number of fused-ring (bicyclic) bond motifs is 1. The van der Waals surface area contributed by atoms with E-state index in [9.17, 15) is 10.1 Å². The Morgan fingerprint density at radius 1 is 1.31 bits per heavy atom. The third-order valence-electron chi connectivity index (χ3n) is 8.37. The van der Waals surface area contributed by atoms with Crippen molar-refractivity contribution in [2.75, 3.05) is 37.8 Å². The van der Waals surface area contributed by atoms with Crippen LogP contribution in [0.1, 0.15) is 44.6 Å². The molecule has 3 aromatic heterocycles. The maximum Gasteiger partial charge on any atom is 0.161 e. The number of nitriles is 1. The highest BCUT2D eigenvalue weighted by Gasteiger charge is 2.32. The van der Waals surface area contributed by atoms with Gasteiger partial charge in [0.2, 0.25) is 0 Å². The summed E-state index contributed by atoms with van der Waals surface area (Å²) >= 11 is 0. The molecule has 2 atom stereocenters. The van der Waals surface area contributed by atoms with Gasteiger partial charge in [-0.3, -0.25) is 10.00 Å². The molecule has 2 fully saturated rings. The molecule has 4 heterocycles. The van der Waals surface area contributed by atoms with Crippen molar-refractivity contribution in [2.45, 2.75) is 83.1 Å². The minimum absolute atomic E-state index is 0.0184. The van der Waals surface area contributed by atoms with Crippen molar-refractivity contribution < 1.29 is 14.3 Å². The van der Waals surface area contributed by atoms with Gasteiger partial charge in [-0.05, 0) is 30.9 Å². The van der Waals surface area contributed by atoms with Crippen LogP contribution in [0.2, 0.25) is 25.7 Å². The summed E-state index contributed by atoms with van der Waals surface area (Å²) in [5.41, 5.74) is 2.44. The quantitative estimate of drug-likeness (QED) is 0.163. The molecule has 0 spiro atoms. The number of carbonyl (C=O) groups excluding carboxylic acids is 1. The molecule has 1 saturated carbocycles. The predicted molar refractivity (Wildman–Crippen MR) is 165 cm³/mol. The lowest BCUT2D eigenvalue weighted by Crippen LogP contribution is -2.53. The smallest absolute Gasteiger partial charge is 0.161 e. The molecule has 5 rings (SSSR count). The molecular weight excluding hydrogens is 548 g/mol. The third-order valence-corrected chi connectivity index (χ3v) is 10.1. The van der Waals surface area contributed by atoms with Crippen LogP contribution in [0, 0.1) is 17.2 Å². The fraction of sp³-hybridized carbons (Fsp3) is 0.633. The second-order valence-corrected chi connectivity index (χ2v) is 18.2. The number of rotatable bonds is 14. The first kappa shape index (κ1) is 30.3. The van der Waals surface area contributed by atoms with Crippen LogP contribution in [-0.2, 0) is 21.0 Å². The van der Waals surface area contributed by atoms with Crippen molar-refractivity contribution in [3.63, 3.8) is 0 Å². The normalized spacial score (nSPS) is 18.8. The number of nitrogens with zero attached hydrogens (tertiary/aromatic N) is 7. The molecule has 11 nitrogen and oxygen atoms in total. The Balaban J connectivity index is 1.55. The van der Waals surface area contributed by atoms with Crippen molar-refractivity contribution in [2.24, 2.45) is 5.92 Å². The lowest BCUT2D eigenvalue weighted by atomic mass is 9.96. The fourth-order valence-corrected chi connectivity index (χ4v) is 6.82. The van der Waals surface area contributed by atoms with E-state index in [4.69, 9.17) is 19.6 Å². The van der Waals surface area contributed by atoms with Crippen LogP contribution in [0.4, 0.5) is 5.82 Å². The summed E-state index contributed by atoms with van der Waals surface area (Å²) < 4.78 is 15.9. The number of ether oxygens (including phenoxy) is 2. The molecule has 226 valence electrons. The third kappa shape index (κ3) is 7.08. The van der Waals surface area contributed by atoms with Crippen molar-refractivity contribution in [3.8, 4) is 17.3 Å². The molecule has 1 N–H and O–H groups in total. The van der Waals surface area contributed by atoms with Gasteiger partial charge in [-0.1, -0.05) is 32.5 Å². The van der Waals surface area contributed by atoms with Gasteiger partial charge < -0.3 is 23.7 Å². The summed E-state index contributed by atoms with van der Waals surface area (Å²) in [5.74, 6) is 1.14. The SMILES string of the molecule is C[Si](C)(C)CCOCn1ccc2c(-c3cn(C(CC#N)C4CCCC4)nc3N(CCC=O)C3COCCN3)ncnc21. The first-order chi connectivity index (χ1) is 20.4. The fourth-order valence-electron chi connectivity index (χ4n) is 6.06. The Morgan fingerprint density at radius 2 is 2.14 bits per heavy atom. The molecule has 0 radical (unpaired) electrons. The molecule has 3 aromatic rings. The van der Waals surface area contributed by atoms with Gasteiger partial charge in [-0.25, -0.2) is 9.97 Å². The summed E-state index contributed by atoms with van der Waals surface area (Å²) in [6.45, 7) is 10.5. The molecule has 1 aliphatic carbocycles. The lowest BCUT2D eigenvalue weighted by molar-refractivity contribution is -0.107. The van der Waals surface area contributed by atoms with Gasteiger partial charge in [0.25, 0.3) is 0 Å². The first-order valence-corrected chi connectivity index (χ1v) is 19.0. The molecule has 1 aliphatic heterocycles. The Labute approximate surface area is 249 Å². The van der Waals surface area contributed by atoms with E-state index < -0.39 is 8.07 Å². The van der Waals surface area contributed by atoms with Gasteiger partial charge in [-0.15, -0.1) is 0 Å². The summed E-state index contributed by atoms with van der Waals surface area (Å²) in [6, 6.07) is 5.54. The van der Waals surface area contributed by atoms with Crippen LogP contribution in [0.5, 0.6) is 0 Å². The van der Waals surface area contributed by atoms with E-state index in [2.05, 4.69) is 47.1 Å². The van der Waals surface area contributed by atoms with Crippen molar-refractivity contribution >= 4 is 31.2 Å². The monoisotopic (exact) mass is 592 g/mol. The first-order valence-electron chi connectivity index (χ1n) is 15.2. The number of aldehydes is 1. The van der Waals surface area contributed by atoms with E-state index in [0.717, 1.165) is 66.4 Å². The number of anilines is 1. The van der Waals surface area contributed by atoms with Crippen LogP contribution in [-0.4, -0.2) is 77.8 Å². The van der Waals surface area contributed by atoms with Gasteiger partial charge in [0, 0.05) is 52.0 Å². The van der Waals surface area contributed by atoms with Crippen LogP contribution in [0.15, 0.2) is 24.8 Å². The number of aromatic nitrogens is 5. The average molecular weight is 593 g/mol. The van der Waals surface area contributed by atoms with Crippen LogP contribution < -0.4 is 10.2 Å². The highest BCUT2D eigenvalue weighted by molar-refractivity contribution is 6.76. The maximum atomic E-state index is 11.5. The number of hydrogen-bond donors (Lipinski definition) is 1. The second-order valence-electron chi connectivity index (χ2n) is 12.6. The van der Waals surface area contributed by atoms with E-state index in [1.54, 1.807) is 6.33 Å². The molecule has 0 amide bonds. The van der Waals surface area contributed by atoms with Crippen molar-refractivity contribution in [1.29, 1.82) is 5.26 Å². The Bertz CT molecular complexity index is 1370. The molecule has 2 unspecified atom stereocenters. The number of morpholine rings is 1. The second kappa shape index (κ2) is 13.9. The zero-order valence-electron chi connectivity index (χ0n) is 25.2. The minimum Gasteiger partial charge on any atom is -0.377 e. The number of nitrogens with one attached hydrogen (secondary N) is 1. The summed E-state index contributed by atoms with van der Waals surface area (Å²) in [6.07, 6.45) is 11.8. The van der Waals surface area contributed by atoms with Crippen LogP contribution in [0.25, 0.3) is 22.3 Å². The van der Waals surface area contributed by atoms with Crippen molar-refractivity contribution in [3.05, 3.63) is 24.8 Å². The van der Waals surface area contributed by atoms with Gasteiger partial charge >= 0.3 is 0 Å². The number of hydrogen-bond acceptors (Lipinski definition) is 9.